The van der Waals surface area contributed by atoms with Crippen molar-refractivity contribution < 1.29 is 19.5 Å². The fourth-order valence-electron chi connectivity index (χ4n) is 3.17. The summed E-state index contributed by atoms with van der Waals surface area (Å²) in [5.41, 5.74) is 0.698. The van der Waals surface area contributed by atoms with Crippen LogP contribution in [0.25, 0.3) is 11.2 Å². The van der Waals surface area contributed by atoms with Gasteiger partial charge in [0.05, 0.1) is 6.33 Å². The first-order valence-corrected chi connectivity index (χ1v) is 9.46. The van der Waals surface area contributed by atoms with Crippen LogP contribution in [0.1, 0.15) is 58.7 Å². The zero-order chi connectivity index (χ0) is 20.9. The van der Waals surface area contributed by atoms with E-state index in [9.17, 15) is 10.2 Å². The predicted molar refractivity (Wildman–Crippen MR) is 102 cm³/mol. The van der Waals surface area contributed by atoms with E-state index in [1.165, 1.54) is 12.7 Å². The monoisotopic (exact) mass is 403 g/mol. The maximum Gasteiger partial charge on any atom is 0.258 e. The Morgan fingerprint density at radius 2 is 1.90 bits per heavy atom. The molecule has 0 amide bonds. The lowest BCUT2D eigenvalue weighted by atomic mass is 9.96. The summed E-state index contributed by atoms with van der Waals surface area (Å²) >= 11 is 0. The number of aliphatic hydroxyl groups excluding tert-OH is 2. The summed E-state index contributed by atoms with van der Waals surface area (Å²) in [6.07, 6.45) is -1.46. The Labute approximate surface area is 167 Å². The Bertz CT molecular complexity index is 1010. The molecule has 156 valence electrons. The van der Waals surface area contributed by atoms with Crippen molar-refractivity contribution >= 4 is 17.0 Å². The second-order valence-corrected chi connectivity index (χ2v) is 8.48. The summed E-state index contributed by atoms with van der Waals surface area (Å²) in [6.45, 7) is 9.83. The molecule has 29 heavy (non-hydrogen) atoms. The predicted octanol–water partition coefficient (Wildman–Crippen LogP) is 1.32. The fraction of sp³-hybridized carbons (Fsp3) is 0.611. The van der Waals surface area contributed by atoms with E-state index in [0.717, 1.165) is 0 Å². The fourth-order valence-corrected chi connectivity index (χ4v) is 3.17. The van der Waals surface area contributed by atoms with Crippen LogP contribution in [0.2, 0.25) is 0 Å². The molecule has 0 aliphatic carbocycles. The smallest absolute Gasteiger partial charge is 0.258 e. The minimum absolute atomic E-state index is 0.116. The minimum atomic E-state index is -1.25. The molecule has 1 saturated heterocycles. The van der Waals surface area contributed by atoms with E-state index < -0.39 is 24.5 Å². The number of aliphatic hydroxyl groups is 2. The van der Waals surface area contributed by atoms with E-state index in [0.29, 0.717) is 22.8 Å². The van der Waals surface area contributed by atoms with Gasteiger partial charge in [-0.3, -0.25) is 4.57 Å². The van der Waals surface area contributed by atoms with Gasteiger partial charge in [-0.05, 0) is 13.8 Å². The number of hydrogen-bond acceptors (Lipinski definition) is 10. The Balaban J connectivity index is 1.66. The number of nitrogens with one attached hydrogen (secondary N) is 1. The standard InChI is InChI=1S/C18H25N7O4/c1-8(2)22-13-9-14(20-6-19-13)25(7-21-9)16-11(27)10(26)12(28-16)15-23-17(24-29-15)18(3,4)5/h6-8,10-12,16,26-27H,1-5H3,(H,19,20,22)/t10-,11+,12-,16+/m0/s1. The molecule has 0 radical (unpaired) electrons. The van der Waals surface area contributed by atoms with Gasteiger partial charge in [-0.15, -0.1) is 0 Å². The van der Waals surface area contributed by atoms with Gasteiger partial charge in [0.2, 0.25) is 0 Å². The first-order chi connectivity index (χ1) is 13.7. The maximum atomic E-state index is 10.6. The Morgan fingerprint density at radius 1 is 1.14 bits per heavy atom. The van der Waals surface area contributed by atoms with Crippen LogP contribution in [0.4, 0.5) is 5.82 Å². The number of nitrogens with zero attached hydrogens (tertiary/aromatic N) is 6. The molecule has 0 saturated carbocycles. The van der Waals surface area contributed by atoms with Gasteiger partial charge in [0.15, 0.2) is 35.1 Å². The lowest BCUT2D eigenvalue weighted by Gasteiger charge is -2.16. The molecule has 0 unspecified atom stereocenters. The number of imidazole rings is 1. The number of rotatable bonds is 4. The van der Waals surface area contributed by atoms with Crippen LogP contribution >= 0.6 is 0 Å². The van der Waals surface area contributed by atoms with Crippen molar-refractivity contribution in [2.24, 2.45) is 0 Å². The van der Waals surface area contributed by atoms with Gasteiger partial charge in [0.1, 0.15) is 18.5 Å². The Kier molecular flexibility index (Phi) is 4.75. The highest BCUT2D eigenvalue weighted by atomic mass is 16.6. The zero-order valence-corrected chi connectivity index (χ0v) is 16.9. The third-order valence-corrected chi connectivity index (χ3v) is 4.65. The molecule has 4 rings (SSSR count). The van der Waals surface area contributed by atoms with Crippen molar-refractivity contribution in [1.82, 2.24) is 29.7 Å². The van der Waals surface area contributed by atoms with Crippen LogP contribution in [0.5, 0.6) is 0 Å². The summed E-state index contributed by atoms with van der Waals surface area (Å²) in [6, 6.07) is 0.160. The van der Waals surface area contributed by atoms with E-state index in [2.05, 4.69) is 30.4 Å². The highest BCUT2D eigenvalue weighted by Gasteiger charge is 2.48. The average Bonchev–Trinajstić information content (AvgIpc) is 3.34. The number of ether oxygens (including phenoxy) is 1. The van der Waals surface area contributed by atoms with Crippen molar-refractivity contribution in [2.75, 3.05) is 5.32 Å². The van der Waals surface area contributed by atoms with Crippen LogP contribution in [0.3, 0.4) is 0 Å². The van der Waals surface area contributed by atoms with Crippen LogP contribution in [-0.2, 0) is 10.2 Å². The maximum absolute atomic E-state index is 10.6. The summed E-state index contributed by atoms with van der Waals surface area (Å²) < 4.78 is 12.8. The average molecular weight is 403 g/mol. The van der Waals surface area contributed by atoms with Gasteiger partial charge < -0.3 is 24.8 Å². The van der Waals surface area contributed by atoms with Gasteiger partial charge in [-0.25, -0.2) is 15.0 Å². The first kappa shape index (κ1) is 19.7. The molecule has 3 aromatic heterocycles. The molecular weight excluding hydrogens is 378 g/mol. The Morgan fingerprint density at radius 3 is 2.55 bits per heavy atom. The van der Waals surface area contributed by atoms with Gasteiger partial charge in [0, 0.05) is 11.5 Å². The molecule has 1 fully saturated rings. The molecular formula is C18H25N7O4. The van der Waals surface area contributed by atoms with E-state index >= 15 is 0 Å². The highest BCUT2D eigenvalue weighted by molar-refractivity contribution is 5.82. The third kappa shape index (κ3) is 3.45. The summed E-state index contributed by atoms with van der Waals surface area (Å²) in [7, 11) is 0. The normalized spacial score (nSPS) is 25.2. The molecule has 3 N–H and O–H groups in total. The molecule has 1 aliphatic heterocycles. The van der Waals surface area contributed by atoms with E-state index in [1.807, 2.05) is 34.6 Å². The molecule has 11 nitrogen and oxygen atoms in total. The number of anilines is 1. The lowest BCUT2D eigenvalue weighted by Crippen LogP contribution is -2.29. The van der Waals surface area contributed by atoms with Crippen molar-refractivity contribution in [3.63, 3.8) is 0 Å². The van der Waals surface area contributed by atoms with Crippen LogP contribution in [0, 0.1) is 0 Å². The molecule has 4 heterocycles. The summed E-state index contributed by atoms with van der Waals surface area (Å²) in [5, 5.41) is 28.4. The van der Waals surface area contributed by atoms with Gasteiger partial charge in [-0.1, -0.05) is 25.9 Å². The Hall–Kier alpha value is -2.63. The van der Waals surface area contributed by atoms with Gasteiger partial charge in [-0.2, -0.15) is 4.98 Å². The molecule has 0 aromatic carbocycles. The number of hydrogen-bond donors (Lipinski definition) is 3. The van der Waals surface area contributed by atoms with E-state index in [1.54, 1.807) is 4.57 Å². The SMILES string of the molecule is CC(C)Nc1ncnc2c1ncn2[C@@H]1O[C@H](c2nc(C(C)(C)C)no2)[C@@H](O)[C@H]1O. The van der Waals surface area contributed by atoms with E-state index in [4.69, 9.17) is 9.26 Å². The zero-order valence-electron chi connectivity index (χ0n) is 16.9. The highest BCUT2D eigenvalue weighted by Crippen LogP contribution is 2.39. The largest absolute Gasteiger partial charge is 0.387 e. The molecule has 0 spiro atoms. The van der Waals surface area contributed by atoms with Crippen LogP contribution < -0.4 is 5.32 Å². The summed E-state index contributed by atoms with van der Waals surface area (Å²) in [5.74, 6) is 1.19. The molecule has 0 bridgehead atoms. The van der Waals surface area contributed by atoms with Crippen molar-refractivity contribution in [1.29, 1.82) is 0 Å². The topological polar surface area (TPSA) is 144 Å². The van der Waals surface area contributed by atoms with Crippen LogP contribution in [0.15, 0.2) is 17.2 Å². The van der Waals surface area contributed by atoms with Crippen molar-refractivity contribution in [3.05, 3.63) is 24.4 Å². The molecule has 1 aliphatic rings. The second kappa shape index (κ2) is 7.01. The van der Waals surface area contributed by atoms with Crippen molar-refractivity contribution in [3.8, 4) is 0 Å². The molecule has 11 heteroatoms. The molecule has 3 aromatic rings. The van der Waals surface area contributed by atoms with Gasteiger partial charge >= 0.3 is 0 Å². The number of fused-ring (bicyclic) bond motifs is 1. The third-order valence-electron chi connectivity index (χ3n) is 4.65. The second-order valence-electron chi connectivity index (χ2n) is 8.48. The summed E-state index contributed by atoms with van der Waals surface area (Å²) in [4.78, 5) is 17.2. The number of aromatic nitrogens is 6. The van der Waals surface area contributed by atoms with Crippen molar-refractivity contribution in [2.45, 2.75) is 70.6 Å². The molecule has 4 atom stereocenters. The van der Waals surface area contributed by atoms with Gasteiger partial charge in [0.25, 0.3) is 5.89 Å². The van der Waals surface area contributed by atoms with Crippen LogP contribution in [-0.4, -0.2) is 58.1 Å². The lowest BCUT2D eigenvalue weighted by molar-refractivity contribution is -0.0451. The van der Waals surface area contributed by atoms with E-state index in [-0.39, 0.29) is 17.3 Å². The quantitative estimate of drug-likeness (QED) is 0.583. The first-order valence-electron chi connectivity index (χ1n) is 9.46. The minimum Gasteiger partial charge on any atom is -0.387 e.